The van der Waals surface area contributed by atoms with Crippen LogP contribution in [0.4, 0.5) is 0 Å². The highest BCUT2D eigenvalue weighted by Gasteiger charge is 2.19. The molecule has 0 aromatic carbocycles. The maximum absolute atomic E-state index is 12.7. The Balaban J connectivity index is 4.41. The Morgan fingerprint density at radius 3 is 1.09 bits per heavy atom. The topological polar surface area (TPSA) is 78.9 Å². The number of esters is 3. The van der Waals surface area contributed by atoms with Crippen LogP contribution in [-0.2, 0) is 28.6 Å². The molecule has 0 aliphatic heterocycles. The SMILES string of the molecule is CC\C=C/C=C\C=C/C=C\CCCCCC(=O)OC(COC(=O)CCCCCCC/C=C\C=C/CCCCCCCCC)COC(=O)CCCCCCCCCCC. The molecule has 0 aromatic heterocycles. The Morgan fingerprint density at radius 2 is 0.672 bits per heavy atom. The predicted octanol–water partition coefficient (Wildman–Crippen LogP) is 15.5. The summed E-state index contributed by atoms with van der Waals surface area (Å²) in [7, 11) is 0. The van der Waals surface area contributed by atoms with Gasteiger partial charge in [0.15, 0.2) is 6.10 Å². The van der Waals surface area contributed by atoms with E-state index in [0.717, 1.165) is 83.5 Å². The quantitative estimate of drug-likeness (QED) is 0.0264. The van der Waals surface area contributed by atoms with Crippen molar-refractivity contribution in [1.29, 1.82) is 0 Å². The third-order valence-electron chi connectivity index (χ3n) is 10.1. The zero-order chi connectivity index (χ0) is 42.3. The molecule has 0 heterocycles. The van der Waals surface area contributed by atoms with Crippen LogP contribution in [0, 0.1) is 0 Å². The fourth-order valence-corrected chi connectivity index (χ4v) is 6.44. The van der Waals surface area contributed by atoms with Gasteiger partial charge in [0.1, 0.15) is 13.2 Å². The summed E-state index contributed by atoms with van der Waals surface area (Å²) in [6.07, 6.45) is 57.5. The van der Waals surface area contributed by atoms with E-state index in [1.54, 1.807) is 0 Å². The zero-order valence-electron chi connectivity index (χ0n) is 37.8. The molecule has 0 amide bonds. The molecule has 332 valence electrons. The van der Waals surface area contributed by atoms with Crippen LogP contribution in [0.25, 0.3) is 0 Å². The average molecular weight is 809 g/mol. The average Bonchev–Trinajstić information content (AvgIpc) is 3.22. The molecule has 6 nitrogen and oxygen atoms in total. The van der Waals surface area contributed by atoms with Gasteiger partial charge in [-0.15, -0.1) is 0 Å². The van der Waals surface area contributed by atoms with Crippen molar-refractivity contribution in [2.75, 3.05) is 13.2 Å². The van der Waals surface area contributed by atoms with Gasteiger partial charge in [-0.05, 0) is 64.2 Å². The van der Waals surface area contributed by atoms with Crippen molar-refractivity contribution in [2.45, 2.75) is 226 Å². The Bertz CT molecular complexity index is 1110. The lowest BCUT2D eigenvalue weighted by molar-refractivity contribution is -0.167. The van der Waals surface area contributed by atoms with Crippen LogP contribution in [0.1, 0.15) is 220 Å². The van der Waals surface area contributed by atoms with Crippen LogP contribution in [0.15, 0.2) is 72.9 Å². The van der Waals surface area contributed by atoms with E-state index in [1.165, 1.54) is 89.9 Å². The van der Waals surface area contributed by atoms with Gasteiger partial charge in [-0.1, -0.05) is 209 Å². The van der Waals surface area contributed by atoms with Gasteiger partial charge in [-0.25, -0.2) is 0 Å². The molecule has 0 bridgehead atoms. The summed E-state index contributed by atoms with van der Waals surface area (Å²) in [5.41, 5.74) is 0. The maximum atomic E-state index is 12.7. The Labute approximate surface area is 357 Å². The first-order valence-corrected chi connectivity index (χ1v) is 24.0. The van der Waals surface area contributed by atoms with E-state index in [0.29, 0.717) is 19.3 Å². The Kier molecular flexibility index (Phi) is 44.0. The zero-order valence-corrected chi connectivity index (χ0v) is 37.8. The third-order valence-corrected chi connectivity index (χ3v) is 10.1. The van der Waals surface area contributed by atoms with Crippen molar-refractivity contribution < 1.29 is 28.6 Å². The van der Waals surface area contributed by atoms with E-state index < -0.39 is 6.10 Å². The second-order valence-electron chi connectivity index (χ2n) is 15.8. The molecular weight excluding hydrogens is 721 g/mol. The van der Waals surface area contributed by atoms with Gasteiger partial charge in [-0.3, -0.25) is 14.4 Å². The van der Waals surface area contributed by atoms with Crippen LogP contribution >= 0.6 is 0 Å². The molecule has 0 rings (SSSR count). The van der Waals surface area contributed by atoms with Crippen LogP contribution in [0.2, 0.25) is 0 Å². The molecular formula is C52H88O6. The second-order valence-corrected chi connectivity index (χ2v) is 15.8. The second kappa shape index (κ2) is 46.5. The number of allylic oxidation sites excluding steroid dienone is 12. The van der Waals surface area contributed by atoms with Crippen molar-refractivity contribution in [2.24, 2.45) is 0 Å². The highest BCUT2D eigenvalue weighted by Crippen LogP contribution is 2.13. The number of ether oxygens (including phenoxy) is 3. The van der Waals surface area contributed by atoms with Crippen molar-refractivity contribution in [1.82, 2.24) is 0 Å². The number of rotatable bonds is 42. The Hall–Kier alpha value is -3.15. The highest BCUT2D eigenvalue weighted by atomic mass is 16.6. The fraction of sp³-hybridized carbons (Fsp3) is 0.712. The minimum atomic E-state index is -0.798. The van der Waals surface area contributed by atoms with Gasteiger partial charge in [0.25, 0.3) is 0 Å². The fourth-order valence-electron chi connectivity index (χ4n) is 6.44. The summed E-state index contributed by atoms with van der Waals surface area (Å²) in [5.74, 6) is -0.957. The minimum Gasteiger partial charge on any atom is -0.462 e. The lowest BCUT2D eigenvalue weighted by Crippen LogP contribution is -2.30. The van der Waals surface area contributed by atoms with Crippen LogP contribution in [0.3, 0.4) is 0 Å². The van der Waals surface area contributed by atoms with E-state index in [4.69, 9.17) is 14.2 Å². The predicted molar refractivity (Wildman–Crippen MR) is 247 cm³/mol. The van der Waals surface area contributed by atoms with Gasteiger partial charge in [0.2, 0.25) is 0 Å². The van der Waals surface area contributed by atoms with Crippen molar-refractivity contribution in [3.8, 4) is 0 Å². The molecule has 0 aromatic rings. The lowest BCUT2D eigenvalue weighted by Gasteiger charge is -2.18. The minimum absolute atomic E-state index is 0.0961. The summed E-state index contributed by atoms with van der Waals surface area (Å²) >= 11 is 0. The smallest absolute Gasteiger partial charge is 0.306 e. The van der Waals surface area contributed by atoms with Crippen molar-refractivity contribution >= 4 is 17.9 Å². The Morgan fingerprint density at radius 1 is 0.362 bits per heavy atom. The first-order valence-electron chi connectivity index (χ1n) is 24.0. The van der Waals surface area contributed by atoms with E-state index in [9.17, 15) is 14.4 Å². The number of carbonyl (C=O) groups is 3. The molecule has 0 radical (unpaired) electrons. The van der Waals surface area contributed by atoms with Gasteiger partial charge in [0.05, 0.1) is 0 Å². The number of hydrogen-bond acceptors (Lipinski definition) is 6. The molecule has 0 aliphatic carbocycles. The maximum Gasteiger partial charge on any atom is 0.306 e. The van der Waals surface area contributed by atoms with Crippen LogP contribution < -0.4 is 0 Å². The monoisotopic (exact) mass is 809 g/mol. The molecule has 1 unspecified atom stereocenters. The molecule has 0 spiro atoms. The molecule has 1 atom stereocenters. The number of unbranched alkanes of at least 4 members (excludes halogenated alkanes) is 23. The molecule has 0 aliphatic rings. The van der Waals surface area contributed by atoms with Gasteiger partial charge in [0, 0.05) is 19.3 Å². The molecule has 0 saturated carbocycles. The van der Waals surface area contributed by atoms with Crippen molar-refractivity contribution in [3.63, 3.8) is 0 Å². The lowest BCUT2D eigenvalue weighted by atomic mass is 10.1. The van der Waals surface area contributed by atoms with Crippen LogP contribution in [-0.4, -0.2) is 37.2 Å². The molecule has 0 fully saturated rings. The van der Waals surface area contributed by atoms with Crippen molar-refractivity contribution in [3.05, 3.63) is 72.9 Å². The van der Waals surface area contributed by atoms with Crippen LogP contribution in [0.5, 0.6) is 0 Å². The summed E-state index contributed by atoms with van der Waals surface area (Å²) in [5, 5.41) is 0. The molecule has 0 N–H and O–H groups in total. The van der Waals surface area contributed by atoms with E-state index in [1.807, 2.05) is 36.5 Å². The number of hydrogen-bond donors (Lipinski definition) is 0. The van der Waals surface area contributed by atoms with E-state index in [-0.39, 0.29) is 37.5 Å². The third kappa shape index (κ3) is 44.0. The summed E-state index contributed by atoms with van der Waals surface area (Å²) in [4.78, 5) is 37.7. The first-order chi connectivity index (χ1) is 28.5. The summed E-state index contributed by atoms with van der Waals surface area (Å²) < 4.78 is 16.7. The summed E-state index contributed by atoms with van der Waals surface area (Å²) in [6, 6.07) is 0. The first kappa shape index (κ1) is 54.9. The molecule has 6 heteroatoms. The number of carbonyl (C=O) groups excluding carboxylic acids is 3. The van der Waals surface area contributed by atoms with E-state index >= 15 is 0 Å². The molecule has 58 heavy (non-hydrogen) atoms. The van der Waals surface area contributed by atoms with Gasteiger partial charge in [-0.2, -0.15) is 0 Å². The largest absolute Gasteiger partial charge is 0.462 e. The van der Waals surface area contributed by atoms with E-state index in [2.05, 4.69) is 57.2 Å². The normalized spacial score (nSPS) is 12.7. The standard InChI is InChI=1S/C52H88O6/c1-4-7-10-13-16-19-21-23-24-25-26-27-29-30-33-36-39-42-45-51(54)57-48-49(47-56-50(53)44-41-38-35-32-18-15-12-9-6-3)58-52(55)46-43-40-37-34-31-28-22-20-17-14-11-8-5-2/h8,11,14,17,20,22,24-28,31,49H,4-7,9-10,12-13,15-16,18-19,21,23,29-30,32-48H2,1-3H3/b11-8-,17-14-,22-20-,25-24-,27-26-,31-28-. The van der Waals surface area contributed by atoms with Gasteiger partial charge < -0.3 is 14.2 Å². The highest BCUT2D eigenvalue weighted by molar-refractivity contribution is 5.71. The molecule has 0 saturated heterocycles. The van der Waals surface area contributed by atoms with Gasteiger partial charge >= 0.3 is 17.9 Å². The summed E-state index contributed by atoms with van der Waals surface area (Å²) in [6.45, 7) is 6.41.